The molecule has 0 amide bonds. The molecule has 0 rings (SSSR count). The summed E-state index contributed by atoms with van der Waals surface area (Å²) < 4.78 is 14.9. The second-order valence-corrected chi connectivity index (χ2v) is 3.66. The van der Waals surface area contributed by atoms with E-state index in [4.69, 9.17) is 4.89 Å². The standard InChI is InChI=1S/C6H11O4P/c1-4(2)6(7)10-5(3)11(8)9/h5,11H,1H2,2-3H3,(H,8,9). The second-order valence-electron chi connectivity index (χ2n) is 2.17. The number of carbonyl (C=O) groups is 1. The van der Waals surface area contributed by atoms with Crippen LogP contribution in [0.5, 0.6) is 0 Å². The molecule has 0 fully saturated rings. The molecule has 0 aromatic carbocycles. The van der Waals surface area contributed by atoms with Crippen molar-refractivity contribution in [3.63, 3.8) is 0 Å². The molecule has 0 aromatic heterocycles. The van der Waals surface area contributed by atoms with E-state index in [2.05, 4.69) is 11.3 Å². The summed E-state index contributed by atoms with van der Waals surface area (Å²) in [5.41, 5.74) is 0.222. The molecular weight excluding hydrogens is 167 g/mol. The molecule has 0 aliphatic carbocycles. The van der Waals surface area contributed by atoms with Gasteiger partial charge in [-0.2, -0.15) is 0 Å². The largest absolute Gasteiger partial charge is 0.449 e. The Labute approximate surface area is 65.7 Å². The van der Waals surface area contributed by atoms with Crippen molar-refractivity contribution >= 4 is 14.0 Å². The Morgan fingerprint density at radius 1 is 1.73 bits per heavy atom. The van der Waals surface area contributed by atoms with Gasteiger partial charge in [0, 0.05) is 5.57 Å². The highest BCUT2D eigenvalue weighted by atomic mass is 31.1. The molecular formula is C6H11O4P. The second kappa shape index (κ2) is 4.31. The van der Waals surface area contributed by atoms with Crippen LogP contribution in [-0.4, -0.2) is 16.7 Å². The van der Waals surface area contributed by atoms with Crippen LogP contribution in [0, 0.1) is 0 Å². The third-order valence-electron chi connectivity index (χ3n) is 0.980. The molecule has 0 aliphatic heterocycles. The van der Waals surface area contributed by atoms with Crippen LogP contribution >= 0.6 is 8.03 Å². The van der Waals surface area contributed by atoms with Gasteiger partial charge in [-0.3, -0.25) is 4.57 Å². The molecule has 64 valence electrons. The molecule has 0 aromatic rings. The molecule has 0 radical (unpaired) electrons. The van der Waals surface area contributed by atoms with Gasteiger partial charge in [-0.05, 0) is 13.8 Å². The number of esters is 1. The summed E-state index contributed by atoms with van der Waals surface area (Å²) in [6.45, 7) is 6.16. The lowest BCUT2D eigenvalue weighted by molar-refractivity contribution is -0.140. The van der Waals surface area contributed by atoms with Crippen molar-refractivity contribution in [1.82, 2.24) is 0 Å². The first-order valence-corrected chi connectivity index (χ1v) is 4.47. The molecule has 2 atom stereocenters. The molecule has 11 heavy (non-hydrogen) atoms. The highest BCUT2D eigenvalue weighted by Gasteiger charge is 2.13. The van der Waals surface area contributed by atoms with Crippen LogP contribution in [0.4, 0.5) is 0 Å². The zero-order valence-corrected chi connectivity index (χ0v) is 7.46. The first-order valence-electron chi connectivity index (χ1n) is 3.04. The maximum atomic E-state index is 10.7. The van der Waals surface area contributed by atoms with Crippen molar-refractivity contribution in [2.75, 3.05) is 0 Å². The van der Waals surface area contributed by atoms with Crippen molar-refractivity contribution in [2.24, 2.45) is 0 Å². The highest BCUT2D eigenvalue weighted by molar-refractivity contribution is 7.38. The van der Waals surface area contributed by atoms with E-state index in [-0.39, 0.29) is 5.57 Å². The smallest absolute Gasteiger partial charge is 0.333 e. The predicted molar refractivity (Wildman–Crippen MR) is 41.6 cm³/mol. The Hall–Kier alpha value is -0.600. The lowest BCUT2D eigenvalue weighted by Gasteiger charge is -2.08. The Morgan fingerprint density at radius 2 is 2.18 bits per heavy atom. The predicted octanol–water partition coefficient (Wildman–Crippen LogP) is 0.919. The minimum atomic E-state index is -2.77. The fourth-order valence-electron chi connectivity index (χ4n) is 0.312. The van der Waals surface area contributed by atoms with Crippen molar-refractivity contribution < 1.29 is 19.0 Å². The van der Waals surface area contributed by atoms with Gasteiger partial charge in [-0.15, -0.1) is 0 Å². The minimum Gasteiger partial charge on any atom is -0.449 e. The fraction of sp³-hybridized carbons (Fsp3) is 0.500. The molecule has 0 saturated heterocycles. The molecule has 4 nitrogen and oxygen atoms in total. The lowest BCUT2D eigenvalue weighted by atomic mass is 10.4. The topological polar surface area (TPSA) is 63.6 Å². The van der Waals surface area contributed by atoms with E-state index in [0.29, 0.717) is 0 Å². The van der Waals surface area contributed by atoms with Gasteiger partial charge in [0.05, 0.1) is 0 Å². The van der Waals surface area contributed by atoms with E-state index in [1.807, 2.05) is 0 Å². The Balaban J connectivity index is 3.95. The molecule has 0 saturated carbocycles. The fourth-order valence-corrected chi connectivity index (χ4v) is 0.519. The first kappa shape index (κ1) is 10.4. The van der Waals surface area contributed by atoms with Crippen LogP contribution in [0.15, 0.2) is 12.2 Å². The van der Waals surface area contributed by atoms with E-state index in [9.17, 15) is 9.36 Å². The minimum absolute atomic E-state index is 0.222. The SMILES string of the molecule is C=C(C)C(=O)OC(C)[PH](=O)O. The quantitative estimate of drug-likeness (QED) is 0.396. The zero-order chi connectivity index (χ0) is 9.02. The summed E-state index contributed by atoms with van der Waals surface area (Å²) in [4.78, 5) is 19.2. The van der Waals surface area contributed by atoms with E-state index < -0.39 is 19.8 Å². The summed E-state index contributed by atoms with van der Waals surface area (Å²) in [6.07, 6.45) is 0. The van der Waals surface area contributed by atoms with Crippen molar-refractivity contribution in [2.45, 2.75) is 19.7 Å². The Morgan fingerprint density at radius 3 is 2.45 bits per heavy atom. The summed E-state index contributed by atoms with van der Waals surface area (Å²) >= 11 is 0. The number of carbonyl (C=O) groups excluding carboxylic acids is 1. The van der Waals surface area contributed by atoms with Crippen LogP contribution in [0.2, 0.25) is 0 Å². The van der Waals surface area contributed by atoms with Crippen LogP contribution in [-0.2, 0) is 14.1 Å². The summed E-state index contributed by atoms with van der Waals surface area (Å²) in [6, 6.07) is 0. The van der Waals surface area contributed by atoms with Gasteiger partial charge in [-0.25, -0.2) is 4.79 Å². The number of rotatable bonds is 3. The van der Waals surface area contributed by atoms with Crippen LogP contribution in [0.1, 0.15) is 13.8 Å². The van der Waals surface area contributed by atoms with Gasteiger partial charge in [0.2, 0.25) is 8.03 Å². The lowest BCUT2D eigenvalue weighted by Crippen LogP contribution is -2.11. The van der Waals surface area contributed by atoms with E-state index in [1.165, 1.54) is 13.8 Å². The molecule has 0 aliphatic rings. The number of hydrogen-bond donors (Lipinski definition) is 1. The highest BCUT2D eigenvalue weighted by Crippen LogP contribution is 2.23. The van der Waals surface area contributed by atoms with Gasteiger partial charge >= 0.3 is 5.97 Å². The first-order chi connectivity index (χ1) is 4.95. The van der Waals surface area contributed by atoms with Gasteiger partial charge in [-0.1, -0.05) is 6.58 Å². The molecule has 0 heterocycles. The third kappa shape index (κ3) is 3.96. The average molecular weight is 178 g/mol. The molecule has 0 bridgehead atoms. The summed E-state index contributed by atoms with van der Waals surface area (Å²) in [7, 11) is -2.77. The van der Waals surface area contributed by atoms with Crippen molar-refractivity contribution in [1.29, 1.82) is 0 Å². The van der Waals surface area contributed by atoms with Crippen molar-refractivity contribution in [3.05, 3.63) is 12.2 Å². The van der Waals surface area contributed by atoms with E-state index >= 15 is 0 Å². The normalized spacial score (nSPS) is 15.2. The monoisotopic (exact) mass is 178 g/mol. The molecule has 2 unspecified atom stereocenters. The average Bonchev–Trinajstić information content (AvgIpc) is 1.87. The van der Waals surface area contributed by atoms with Crippen LogP contribution < -0.4 is 0 Å². The molecule has 5 heteroatoms. The maximum Gasteiger partial charge on any atom is 0.333 e. The van der Waals surface area contributed by atoms with Crippen LogP contribution in [0.3, 0.4) is 0 Å². The molecule has 0 spiro atoms. The third-order valence-corrected chi connectivity index (χ3v) is 1.79. The van der Waals surface area contributed by atoms with E-state index in [1.54, 1.807) is 0 Å². The van der Waals surface area contributed by atoms with Gasteiger partial charge in [0.15, 0.2) is 5.85 Å². The summed E-state index contributed by atoms with van der Waals surface area (Å²) in [5.74, 6) is -1.56. The number of hydrogen-bond acceptors (Lipinski definition) is 3. The zero-order valence-electron chi connectivity index (χ0n) is 6.46. The van der Waals surface area contributed by atoms with Gasteiger partial charge < -0.3 is 9.63 Å². The Bertz CT molecular complexity index is 199. The van der Waals surface area contributed by atoms with Gasteiger partial charge in [0.25, 0.3) is 0 Å². The summed E-state index contributed by atoms with van der Waals surface area (Å²) in [5, 5.41) is 0. The molecule has 1 N–H and O–H groups in total. The van der Waals surface area contributed by atoms with Crippen molar-refractivity contribution in [3.8, 4) is 0 Å². The van der Waals surface area contributed by atoms with E-state index in [0.717, 1.165) is 0 Å². The Kier molecular flexibility index (Phi) is 4.08. The number of ether oxygens (including phenoxy) is 1. The van der Waals surface area contributed by atoms with Crippen LogP contribution in [0.25, 0.3) is 0 Å². The maximum absolute atomic E-state index is 10.7. The van der Waals surface area contributed by atoms with Gasteiger partial charge in [0.1, 0.15) is 0 Å².